The average Bonchev–Trinajstić information content (AvgIpc) is 2.55. The van der Waals surface area contributed by atoms with Gasteiger partial charge in [-0.2, -0.15) is 5.10 Å². The fourth-order valence-electron chi connectivity index (χ4n) is 2.88. The third kappa shape index (κ3) is 2.37. The molecule has 0 amide bonds. The number of anilines is 1. The quantitative estimate of drug-likeness (QED) is 0.842. The zero-order chi connectivity index (χ0) is 13.1. The Balaban J connectivity index is 2.38. The van der Waals surface area contributed by atoms with Crippen molar-refractivity contribution < 1.29 is 10.2 Å². The van der Waals surface area contributed by atoms with Gasteiger partial charge < -0.3 is 15.1 Å². The minimum atomic E-state index is 0.00363. The summed E-state index contributed by atoms with van der Waals surface area (Å²) in [6.07, 6.45) is 4.50. The third-order valence-electron chi connectivity index (χ3n) is 3.83. The van der Waals surface area contributed by atoms with Crippen LogP contribution in [-0.2, 0) is 13.7 Å². The van der Waals surface area contributed by atoms with Gasteiger partial charge in [0.2, 0.25) is 0 Å². The van der Waals surface area contributed by atoms with E-state index in [1.54, 1.807) is 0 Å². The lowest BCUT2D eigenvalue weighted by Gasteiger charge is -2.31. The van der Waals surface area contributed by atoms with Crippen LogP contribution in [0.4, 0.5) is 5.82 Å². The highest BCUT2D eigenvalue weighted by Gasteiger charge is 2.26. The smallest absolute Gasteiger partial charge is 0.132 e. The molecule has 102 valence electrons. The molecule has 0 aromatic carbocycles. The van der Waals surface area contributed by atoms with Crippen molar-refractivity contribution in [1.82, 2.24) is 9.78 Å². The van der Waals surface area contributed by atoms with Crippen molar-refractivity contribution in [3.05, 3.63) is 11.3 Å². The molecule has 0 radical (unpaired) electrons. The number of rotatable bonds is 3. The van der Waals surface area contributed by atoms with Crippen LogP contribution in [0.2, 0.25) is 0 Å². The first kappa shape index (κ1) is 13.4. The van der Waals surface area contributed by atoms with Gasteiger partial charge in [0.25, 0.3) is 0 Å². The molecule has 1 unspecified atom stereocenters. The van der Waals surface area contributed by atoms with E-state index in [4.69, 9.17) is 0 Å². The molecular weight excluding hydrogens is 230 g/mol. The highest BCUT2D eigenvalue weighted by atomic mass is 16.3. The first-order valence-electron chi connectivity index (χ1n) is 6.69. The summed E-state index contributed by atoms with van der Waals surface area (Å²) in [6, 6.07) is 0.146. The van der Waals surface area contributed by atoms with Gasteiger partial charge in [-0.25, -0.2) is 0 Å². The Kier molecular flexibility index (Phi) is 4.24. The summed E-state index contributed by atoms with van der Waals surface area (Å²) >= 11 is 0. The maximum Gasteiger partial charge on any atom is 0.132 e. The minimum Gasteiger partial charge on any atom is -0.394 e. The molecule has 1 aromatic rings. The summed E-state index contributed by atoms with van der Waals surface area (Å²) in [5.41, 5.74) is 1.76. The number of aliphatic hydroxyl groups is 2. The van der Waals surface area contributed by atoms with Crippen LogP contribution >= 0.6 is 0 Å². The van der Waals surface area contributed by atoms with E-state index in [-0.39, 0.29) is 19.3 Å². The summed E-state index contributed by atoms with van der Waals surface area (Å²) in [5, 5.41) is 23.5. The van der Waals surface area contributed by atoms with Crippen molar-refractivity contribution in [3.8, 4) is 0 Å². The number of hydrogen-bond acceptors (Lipinski definition) is 4. The van der Waals surface area contributed by atoms with E-state index >= 15 is 0 Å². The Labute approximate surface area is 108 Å². The van der Waals surface area contributed by atoms with Crippen molar-refractivity contribution in [2.24, 2.45) is 7.05 Å². The molecule has 2 rings (SSSR count). The number of aromatic nitrogens is 2. The monoisotopic (exact) mass is 253 g/mol. The Morgan fingerprint density at radius 2 is 2.06 bits per heavy atom. The van der Waals surface area contributed by atoms with E-state index in [1.165, 1.54) is 6.42 Å². The van der Waals surface area contributed by atoms with E-state index in [9.17, 15) is 10.2 Å². The van der Waals surface area contributed by atoms with Gasteiger partial charge in [0.15, 0.2) is 0 Å². The maximum absolute atomic E-state index is 9.58. The van der Waals surface area contributed by atoms with Crippen molar-refractivity contribution in [2.45, 2.75) is 45.3 Å². The molecule has 0 spiro atoms. The molecule has 1 saturated heterocycles. The second kappa shape index (κ2) is 5.71. The van der Waals surface area contributed by atoms with Gasteiger partial charge in [-0.3, -0.25) is 4.68 Å². The van der Waals surface area contributed by atoms with Crippen LogP contribution < -0.4 is 4.90 Å². The Hall–Kier alpha value is -1.07. The lowest BCUT2D eigenvalue weighted by Crippen LogP contribution is -2.39. The summed E-state index contributed by atoms with van der Waals surface area (Å²) in [5.74, 6) is 0.968. The maximum atomic E-state index is 9.58. The Morgan fingerprint density at radius 3 is 2.72 bits per heavy atom. The van der Waals surface area contributed by atoms with E-state index in [2.05, 4.69) is 10.00 Å². The topological polar surface area (TPSA) is 61.5 Å². The second-order valence-electron chi connectivity index (χ2n) is 5.05. The zero-order valence-electron chi connectivity index (χ0n) is 11.3. The highest BCUT2D eigenvalue weighted by molar-refractivity contribution is 5.51. The van der Waals surface area contributed by atoms with Crippen molar-refractivity contribution in [1.29, 1.82) is 0 Å². The summed E-state index contributed by atoms with van der Waals surface area (Å²) in [4.78, 5) is 2.22. The van der Waals surface area contributed by atoms with Gasteiger partial charge in [-0.15, -0.1) is 0 Å². The molecule has 5 heteroatoms. The SMILES string of the molecule is Cc1nn(C)c(N2CCCCCC2CO)c1CO. The summed E-state index contributed by atoms with van der Waals surface area (Å²) in [7, 11) is 1.90. The molecule has 0 aliphatic carbocycles. The standard InChI is InChI=1S/C13H23N3O2/c1-10-12(9-18)13(15(2)14-10)16-7-5-3-4-6-11(16)8-17/h11,17-18H,3-9H2,1-2H3. The van der Waals surface area contributed by atoms with E-state index in [0.717, 1.165) is 42.9 Å². The fourth-order valence-corrected chi connectivity index (χ4v) is 2.88. The lowest BCUT2D eigenvalue weighted by atomic mass is 10.1. The molecule has 2 N–H and O–H groups in total. The van der Waals surface area contributed by atoms with Crippen molar-refractivity contribution in [2.75, 3.05) is 18.1 Å². The summed E-state index contributed by atoms with van der Waals surface area (Å²) in [6.45, 7) is 3.01. The van der Waals surface area contributed by atoms with Crippen LogP contribution in [0.1, 0.15) is 36.9 Å². The van der Waals surface area contributed by atoms with Crippen molar-refractivity contribution >= 4 is 5.82 Å². The van der Waals surface area contributed by atoms with Gasteiger partial charge in [0, 0.05) is 19.2 Å². The van der Waals surface area contributed by atoms with Gasteiger partial charge in [-0.1, -0.05) is 12.8 Å². The van der Waals surface area contributed by atoms with Gasteiger partial charge in [-0.05, 0) is 19.8 Å². The average molecular weight is 253 g/mol. The van der Waals surface area contributed by atoms with Crippen LogP contribution in [0.5, 0.6) is 0 Å². The zero-order valence-corrected chi connectivity index (χ0v) is 11.3. The first-order valence-corrected chi connectivity index (χ1v) is 6.69. The van der Waals surface area contributed by atoms with Crippen LogP contribution in [0.25, 0.3) is 0 Å². The lowest BCUT2D eigenvalue weighted by molar-refractivity contribution is 0.252. The Bertz CT molecular complexity index is 403. The molecule has 0 bridgehead atoms. The van der Waals surface area contributed by atoms with Crippen LogP contribution in [0, 0.1) is 6.92 Å². The van der Waals surface area contributed by atoms with Crippen LogP contribution in [0.15, 0.2) is 0 Å². The molecule has 2 heterocycles. The molecule has 1 fully saturated rings. The molecule has 1 aromatic heterocycles. The molecule has 0 saturated carbocycles. The molecule has 18 heavy (non-hydrogen) atoms. The largest absolute Gasteiger partial charge is 0.394 e. The number of aryl methyl sites for hydroxylation is 2. The first-order chi connectivity index (χ1) is 8.69. The normalized spacial score (nSPS) is 21.1. The van der Waals surface area contributed by atoms with Crippen LogP contribution in [0.3, 0.4) is 0 Å². The third-order valence-corrected chi connectivity index (χ3v) is 3.83. The predicted octanol–water partition coefficient (Wildman–Crippen LogP) is 0.962. The van der Waals surface area contributed by atoms with Crippen molar-refractivity contribution in [3.63, 3.8) is 0 Å². The molecule has 1 aliphatic heterocycles. The van der Waals surface area contributed by atoms with Gasteiger partial charge >= 0.3 is 0 Å². The Morgan fingerprint density at radius 1 is 1.28 bits per heavy atom. The molecular formula is C13H23N3O2. The van der Waals surface area contributed by atoms with E-state index in [1.807, 2.05) is 18.7 Å². The number of aliphatic hydroxyl groups excluding tert-OH is 2. The van der Waals surface area contributed by atoms with Gasteiger partial charge in [0.1, 0.15) is 5.82 Å². The van der Waals surface area contributed by atoms with Crippen LogP contribution in [-0.4, -0.2) is 39.2 Å². The second-order valence-corrected chi connectivity index (χ2v) is 5.05. The number of nitrogens with zero attached hydrogens (tertiary/aromatic N) is 3. The number of hydrogen-bond donors (Lipinski definition) is 2. The highest BCUT2D eigenvalue weighted by Crippen LogP contribution is 2.28. The summed E-state index contributed by atoms with van der Waals surface area (Å²) < 4.78 is 1.83. The van der Waals surface area contributed by atoms with E-state index < -0.39 is 0 Å². The fraction of sp³-hybridized carbons (Fsp3) is 0.769. The minimum absolute atomic E-state index is 0.00363. The molecule has 5 nitrogen and oxygen atoms in total. The van der Waals surface area contributed by atoms with E-state index in [0.29, 0.717) is 0 Å². The van der Waals surface area contributed by atoms with Gasteiger partial charge in [0.05, 0.1) is 24.9 Å². The molecule has 1 aliphatic rings. The molecule has 1 atom stereocenters. The predicted molar refractivity (Wildman–Crippen MR) is 70.6 cm³/mol.